The van der Waals surface area contributed by atoms with Crippen LogP contribution in [0, 0.1) is 5.82 Å². The van der Waals surface area contributed by atoms with Gasteiger partial charge in [-0.3, -0.25) is 11.3 Å². The molecule has 106 valence electrons. The van der Waals surface area contributed by atoms with Crippen molar-refractivity contribution in [2.24, 2.45) is 5.84 Å². The summed E-state index contributed by atoms with van der Waals surface area (Å²) in [5.74, 6) is 6.15. The zero-order valence-corrected chi connectivity index (χ0v) is 12.7. The number of nitrogens with two attached hydrogens (primary N) is 1. The third kappa shape index (κ3) is 3.56. The Morgan fingerprint density at radius 2 is 2.10 bits per heavy atom. The lowest BCUT2D eigenvalue weighted by Crippen LogP contribution is -2.29. The van der Waals surface area contributed by atoms with E-state index in [-0.39, 0.29) is 11.9 Å². The molecule has 2 aromatic carbocycles. The molecule has 0 spiro atoms. The summed E-state index contributed by atoms with van der Waals surface area (Å²) in [6.45, 7) is 0. The quantitative estimate of drug-likeness (QED) is 0.649. The van der Waals surface area contributed by atoms with Crippen molar-refractivity contribution < 1.29 is 9.13 Å². The normalized spacial score (nSPS) is 12.2. The molecular formula is C15H16BrFN2O. The van der Waals surface area contributed by atoms with Crippen LogP contribution in [-0.2, 0) is 6.42 Å². The van der Waals surface area contributed by atoms with Crippen LogP contribution in [0.25, 0.3) is 0 Å². The number of hydrogen-bond donors (Lipinski definition) is 2. The molecule has 1 atom stereocenters. The van der Waals surface area contributed by atoms with Gasteiger partial charge in [-0.2, -0.15) is 0 Å². The first-order valence-electron chi connectivity index (χ1n) is 6.18. The summed E-state index contributed by atoms with van der Waals surface area (Å²) in [7, 11) is 1.63. The van der Waals surface area contributed by atoms with Crippen molar-refractivity contribution in [3.05, 3.63) is 63.9 Å². The van der Waals surface area contributed by atoms with Crippen LogP contribution in [0.2, 0.25) is 0 Å². The van der Waals surface area contributed by atoms with Crippen molar-refractivity contribution in [2.75, 3.05) is 7.11 Å². The second kappa shape index (κ2) is 6.83. The van der Waals surface area contributed by atoms with Gasteiger partial charge in [-0.1, -0.05) is 18.2 Å². The van der Waals surface area contributed by atoms with Gasteiger partial charge in [-0.15, -0.1) is 0 Å². The van der Waals surface area contributed by atoms with Gasteiger partial charge in [0.1, 0.15) is 11.6 Å². The third-order valence-electron chi connectivity index (χ3n) is 3.12. The molecular weight excluding hydrogens is 323 g/mol. The van der Waals surface area contributed by atoms with Crippen molar-refractivity contribution in [3.8, 4) is 5.75 Å². The molecule has 0 aromatic heterocycles. The number of methoxy groups -OCH3 is 1. The lowest BCUT2D eigenvalue weighted by molar-refractivity contribution is 0.413. The third-order valence-corrected chi connectivity index (χ3v) is 3.73. The van der Waals surface area contributed by atoms with Crippen LogP contribution in [0.15, 0.2) is 46.9 Å². The predicted molar refractivity (Wildman–Crippen MR) is 80.9 cm³/mol. The van der Waals surface area contributed by atoms with Crippen molar-refractivity contribution in [1.82, 2.24) is 5.43 Å². The molecule has 0 amide bonds. The molecule has 3 nitrogen and oxygen atoms in total. The number of rotatable bonds is 5. The number of hydrazine groups is 1. The SMILES string of the molecule is COc1cccc(C(Cc2ccc(F)c(Br)c2)NN)c1. The highest BCUT2D eigenvalue weighted by atomic mass is 79.9. The molecule has 0 bridgehead atoms. The number of benzene rings is 2. The Balaban J connectivity index is 2.21. The predicted octanol–water partition coefficient (Wildman–Crippen LogP) is 3.34. The minimum absolute atomic E-state index is 0.0672. The van der Waals surface area contributed by atoms with Crippen molar-refractivity contribution in [3.63, 3.8) is 0 Å². The lowest BCUT2D eigenvalue weighted by atomic mass is 9.99. The highest BCUT2D eigenvalue weighted by molar-refractivity contribution is 9.10. The van der Waals surface area contributed by atoms with Crippen LogP contribution in [0.4, 0.5) is 4.39 Å². The van der Waals surface area contributed by atoms with Crippen LogP contribution in [-0.4, -0.2) is 7.11 Å². The minimum Gasteiger partial charge on any atom is -0.497 e. The molecule has 0 aliphatic rings. The first-order chi connectivity index (χ1) is 9.63. The summed E-state index contributed by atoms with van der Waals surface area (Å²) >= 11 is 3.19. The zero-order valence-electron chi connectivity index (χ0n) is 11.1. The van der Waals surface area contributed by atoms with E-state index in [0.717, 1.165) is 16.9 Å². The summed E-state index contributed by atoms with van der Waals surface area (Å²) in [5, 5.41) is 0. The summed E-state index contributed by atoms with van der Waals surface area (Å²) in [6, 6.07) is 12.6. The largest absolute Gasteiger partial charge is 0.497 e. The smallest absolute Gasteiger partial charge is 0.137 e. The first-order valence-corrected chi connectivity index (χ1v) is 6.97. The Bertz CT molecular complexity index is 592. The monoisotopic (exact) mass is 338 g/mol. The maximum atomic E-state index is 13.2. The van der Waals surface area contributed by atoms with Gasteiger partial charge < -0.3 is 4.74 Å². The van der Waals surface area contributed by atoms with Crippen LogP contribution < -0.4 is 16.0 Å². The lowest BCUT2D eigenvalue weighted by Gasteiger charge is -2.17. The van der Waals surface area contributed by atoms with E-state index in [1.54, 1.807) is 19.2 Å². The molecule has 5 heteroatoms. The Kier molecular flexibility index (Phi) is 5.11. The van der Waals surface area contributed by atoms with Crippen LogP contribution in [0.3, 0.4) is 0 Å². The molecule has 2 rings (SSSR count). The summed E-state index contributed by atoms with van der Waals surface area (Å²) in [6.07, 6.45) is 0.655. The molecule has 0 aliphatic heterocycles. The topological polar surface area (TPSA) is 47.3 Å². The van der Waals surface area contributed by atoms with Gasteiger partial charge >= 0.3 is 0 Å². The van der Waals surface area contributed by atoms with E-state index in [0.29, 0.717) is 10.9 Å². The van der Waals surface area contributed by atoms with Crippen molar-refractivity contribution >= 4 is 15.9 Å². The molecule has 0 aliphatic carbocycles. The maximum absolute atomic E-state index is 13.2. The van der Waals surface area contributed by atoms with Gasteiger partial charge in [0.2, 0.25) is 0 Å². The molecule has 0 fully saturated rings. The standard InChI is InChI=1S/C15H16BrFN2O/c1-20-12-4-2-3-11(9-12)15(19-18)8-10-5-6-14(17)13(16)7-10/h2-7,9,15,19H,8,18H2,1H3. The van der Waals surface area contributed by atoms with E-state index in [2.05, 4.69) is 21.4 Å². The van der Waals surface area contributed by atoms with E-state index in [9.17, 15) is 4.39 Å². The second-order valence-electron chi connectivity index (χ2n) is 4.45. The Morgan fingerprint density at radius 3 is 2.75 bits per heavy atom. The van der Waals surface area contributed by atoms with E-state index < -0.39 is 0 Å². The number of halogens is 2. The first kappa shape index (κ1) is 15.0. The average molecular weight is 339 g/mol. The fourth-order valence-electron chi connectivity index (χ4n) is 2.03. The van der Waals surface area contributed by atoms with Crippen molar-refractivity contribution in [1.29, 1.82) is 0 Å². The minimum atomic E-state index is -0.271. The van der Waals surface area contributed by atoms with E-state index in [1.165, 1.54) is 6.07 Å². The van der Waals surface area contributed by atoms with E-state index >= 15 is 0 Å². The number of ether oxygens (including phenoxy) is 1. The summed E-state index contributed by atoms with van der Waals surface area (Å²) in [5.41, 5.74) is 4.80. The fraction of sp³-hybridized carbons (Fsp3) is 0.200. The maximum Gasteiger partial charge on any atom is 0.137 e. The molecule has 3 N–H and O–H groups in total. The van der Waals surface area contributed by atoms with Gasteiger partial charge in [-0.05, 0) is 57.7 Å². The molecule has 0 saturated heterocycles. The number of nitrogens with one attached hydrogen (secondary N) is 1. The average Bonchev–Trinajstić information content (AvgIpc) is 2.48. The number of hydrogen-bond acceptors (Lipinski definition) is 3. The Hall–Kier alpha value is -1.43. The molecule has 2 aromatic rings. The van der Waals surface area contributed by atoms with Gasteiger partial charge in [0.15, 0.2) is 0 Å². The summed E-state index contributed by atoms with van der Waals surface area (Å²) < 4.78 is 18.9. The highest BCUT2D eigenvalue weighted by Gasteiger charge is 2.12. The van der Waals surface area contributed by atoms with Crippen molar-refractivity contribution in [2.45, 2.75) is 12.5 Å². The van der Waals surface area contributed by atoms with Crippen LogP contribution in [0.5, 0.6) is 5.75 Å². The highest BCUT2D eigenvalue weighted by Crippen LogP contribution is 2.24. The van der Waals surface area contributed by atoms with E-state index in [4.69, 9.17) is 10.6 Å². The fourth-order valence-corrected chi connectivity index (χ4v) is 2.46. The second-order valence-corrected chi connectivity index (χ2v) is 5.30. The molecule has 0 heterocycles. The summed E-state index contributed by atoms with van der Waals surface area (Å²) in [4.78, 5) is 0. The Morgan fingerprint density at radius 1 is 1.30 bits per heavy atom. The van der Waals surface area contributed by atoms with Gasteiger partial charge in [0, 0.05) is 0 Å². The van der Waals surface area contributed by atoms with Gasteiger partial charge in [0.25, 0.3) is 0 Å². The molecule has 1 unspecified atom stereocenters. The molecule has 0 radical (unpaired) electrons. The van der Waals surface area contributed by atoms with Crippen LogP contribution in [0.1, 0.15) is 17.2 Å². The van der Waals surface area contributed by atoms with Gasteiger partial charge in [-0.25, -0.2) is 4.39 Å². The van der Waals surface area contributed by atoms with Gasteiger partial charge in [0.05, 0.1) is 17.6 Å². The molecule has 20 heavy (non-hydrogen) atoms. The Labute approximate surface area is 126 Å². The zero-order chi connectivity index (χ0) is 14.5. The van der Waals surface area contributed by atoms with E-state index in [1.807, 2.05) is 24.3 Å². The van der Waals surface area contributed by atoms with Crippen LogP contribution >= 0.6 is 15.9 Å². The molecule has 0 saturated carbocycles.